The van der Waals surface area contributed by atoms with Crippen molar-refractivity contribution in [2.45, 2.75) is 24.3 Å². The van der Waals surface area contributed by atoms with E-state index in [-0.39, 0.29) is 22.0 Å². The molecule has 0 aliphatic carbocycles. The molecule has 34 heavy (non-hydrogen) atoms. The van der Waals surface area contributed by atoms with E-state index in [9.17, 15) is 27.2 Å². The van der Waals surface area contributed by atoms with Gasteiger partial charge >= 0.3 is 6.18 Å². The average Bonchev–Trinajstić information content (AvgIpc) is 3.13. The smallest absolute Gasteiger partial charge is 0.342 e. The first kappa shape index (κ1) is 25.5. The highest BCUT2D eigenvalue weighted by molar-refractivity contribution is 7.99. The Morgan fingerprint density at radius 1 is 1.15 bits per heavy atom. The zero-order chi connectivity index (χ0) is 25.0. The third kappa shape index (κ3) is 6.26. The third-order valence-corrected chi connectivity index (χ3v) is 5.96. The molecular weight excluding hydrogens is 498 g/mol. The molecule has 0 saturated carbocycles. The number of anilines is 1. The molecule has 7 nitrogen and oxygen atoms in total. The fourth-order valence-electron chi connectivity index (χ4n) is 2.89. The third-order valence-electron chi connectivity index (χ3n) is 4.61. The van der Waals surface area contributed by atoms with E-state index in [0.29, 0.717) is 11.0 Å². The highest BCUT2D eigenvalue weighted by Crippen LogP contribution is 2.34. The minimum Gasteiger partial charge on any atom is -0.342 e. The Morgan fingerprint density at radius 3 is 2.47 bits per heavy atom. The maximum atomic E-state index is 13.0. The van der Waals surface area contributed by atoms with Gasteiger partial charge in [-0.25, -0.2) is 4.39 Å². The second-order valence-electron chi connectivity index (χ2n) is 7.13. The minimum absolute atomic E-state index is 0.0296. The zero-order valence-electron chi connectivity index (χ0n) is 17.8. The first-order chi connectivity index (χ1) is 16.0. The van der Waals surface area contributed by atoms with E-state index in [1.807, 2.05) is 0 Å². The molecule has 13 heteroatoms. The van der Waals surface area contributed by atoms with Gasteiger partial charge in [0, 0.05) is 12.6 Å². The summed E-state index contributed by atoms with van der Waals surface area (Å²) in [4.78, 5) is 24.6. The number of hydrogen-bond acceptors (Lipinski definition) is 5. The predicted octanol–water partition coefficient (Wildman–Crippen LogP) is 4.85. The first-order valence-electron chi connectivity index (χ1n) is 9.71. The van der Waals surface area contributed by atoms with Gasteiger partial charge in [-0.2, -0.15) is 13.2 Å². The number of alkyl halides is 3. The topological polar surface area (TPSA) is 88.9 Å². The average molecular weight is 516 g/mol. The van der Waals surface area contributed by atoms with Gasteiger partial charge in [-0.3, -0.25) is 9.59 Å². The Morgan fingerprint density at radius 2 is 1.82 bits per heavy atom. The molecule has 180 valence electrons. The van der Waals surface area contributed by atoms with Crippen molar-refractivity contribution in [3.05, 3.63) is 70.3 Å². The van der Waals surface area contributed by atoms with Gasteiger partial charge in [-0.05, 0) is 49.4 Å². The number of amides is 2. The van der Waals surface area contributed by atoms with Crippen molar-refractivity contribution in [3.63, 3.8) is 0 Å². The van der Waals surface area contributed by atoms with Crippen molar-refractivity contribution < 1.29 is 27.2 Å². The molecule has 0 radical (unpaired) electrons. The van der Waals surface area contributed by atoms with Crippen LogP contribution in [0.1, 0.15) is 34.7 Å². The van der Waals surface area contributed by atoms with Crippen LogP contribution in [-0.2, 0) is 18.0 Å². The summed E-state index contributed by atoms with van der Waals surface area (Å²) in [5.74, 6) is -1.25. The molecule has 0 saturated heterocycles. The number of carbonyl (C=O) groups excluding carboxylic acids is 2. The summed E-state index contributed by atoms with van der Waals surface area (Å²) in [6.07, 6.45) is -4.57. The summed E-state index contributed by atoms with van der Waals surface area (Å²) in [6, 6.07) is 7.14. The maximum absolute atomic E-state index is 13.0. The number of benzene rings is 2. The van der Waals surface area contributed by atoms with Gasteiger partial charge in [0.2, 0.25) is 5.91 Å². The molecule has 1 heterocycles. The summed E-state index contributed by atoms with van der Waals surface area (Å²) < 4.78 is 53.3. The SMILES string of the molecule is C[C@H](NC(=O)c1ccc(F)cc1)c1nnc(SCC(=O)Nc2cc(C(F)(F)F)ccc2Cl)n1C. The molecule has 0 aliphatic heterocycles. The second-order valence-corrected chi connectivity index (χ2v) is 8.48. The lowest BCUT2D eigenvalue weighted by atomic mass is 10.2. The standard InChI is InChI=1S/C21H18ClF4N5O2S/c1-11(27-19(33)12-3-6-14(23)7-4-12)18-29-30-20(31(18)2)34-10-17(32)28-16-9-13(21(24,25)26)5-8-15(16)22/h3-9,11H,10H2,1-2H3,(H,27,33)(H,28,32)/t11-/m0/s1. The number of rotatable bonds is 7. The van der Waals surface area contributed by atoms with Crippen LogP contribution < -0.4 is 10.6 Å². The van der Waals surface area contributed by atoms with Crippen LogP contribution in [0, 0.1) is 5.82 Å². The van der Waals surface area contributed by atoms with E-state index < -0.39 is 35.4 Å². The van der Waals surface area contributed by atoms with Crippen LogP contribution in [0.4, 0.5) is 23.2 Å². The van der Waals surface area contributed by atoms with Crippen molar-refractivity contribution in [1.29, 1.82) is 0 Å². The van der Waals surface area contributed by atoms with Crippen LogP contribution in [-0.4, -0.2) is 32.3 Å². The van der Waals surface area contributed by atoms with Crippen LogP contribution in [0.2, 0.25) is 5.02 Å². The lowest BCUT2D eigenvalue weighted by Gasteiger charge is -2.14. The normalized spacial score (nSPS) is 12.3. The van der Waals surface area contributed by atoms with Crippen LogP contribution in [0.3, 0.4) is 0 Å². The molecule has 1 aromatic heterocycles. The van der Waals surface area contributed by atoms with Gasteiger partial charge in [-0.15, -0.1) is 10.2 Å². The monoisotopic (exact) mass is 515 g/mol. The van der Waals surface area contributed by atoms with E-state index in [2.05, 4.69) is 20.8 Å². The number of nitrogens with zero attached hydrogens (tertiary/aromatic N) is 3. The van der Waals surface area contributed by atoms with Crippen LogP contribution >= 0.6 is 23.4 Å². The lowest BCUT2D eigenvalue weighted by molar-refractivity contribution is -0.137. The molecule has 0 aliphatic rings. The summed E-state index contributed by atoms with van der Waals surface area (Å²) in [6.45, 7) is 1.68. The molecule has 3 rings (SSSR count). The zero-order valence-corrected chi connectivity index (χ0v) is 19.4. The van der Waals surface area contributed by atoms with Crippen molar-refractivity contribution in [1.82, 2.24) is 20.1 Å². The first-order valence-corrected chi connectivity index (χ1v) is 11.1. The molecule has 0 bridgehead atoms. The van der Waals surface area contributed by atoms with Gasteiger partial charge in [0.15, 0.2) is 11.0 Å². The Bertz CT molecular complexity index is 1200. The molecule has 1 atom stereocenters. The Hall–Kier alpha value is -3.12. The van der Waals surface area contributed by atoms with E-state index in [0.717, 1.165) is 30.0 Å². The highest BCUT2D eigenvalue weighted by Gasteiger charge is 2.31. The Balaban J connectivity index is 1.60. The van der Waals surface area contributed by atoms with Gasteiger partial charge in [-0.1, -0.05) is 23.4 Å². The molecule has 0 fully saturated rings. The highest BCUT2D eigenvalue weighted by atomic mass is 35.5. The summed E-state index contributed by atoms with van der Waals surface area (Å²) in [5.41, 5.74) is -0.817. The van der Waals surface area contributed by atoms with E-state index >= 15 is 0 Å². The number of hydrogen-bond donors (Lipinski definition) is 2. The largest absolute Gasteiger partial charge is 0.416 e. The number of carbonyl (C=O) groups is 2. The molecule has 0 unspecified atom stereocenters. The van der Waals surface area contributed by atoms with Gasteiger partial charge < -0.3 is 15.2 Å². The Kier molecular flexibility index (Phi) is 7.82. The minimum atomic E-state index is -4.57. The van der Waals surface area contributed by atoms with Crippen molar-refractivity contribution >= 4 is 40.9 Å². The molecule has 2 amide bonds. The van der Waals surface area contributed by atoms with Gasteiger partial charge in [0.05, 0.1) is 28.1 Å². The fourth-order valence-corrected chi connectivity index (χ4v) is 3.77. The summed E-state index contributed by atoms with van der Waals surface area (Å²) >= 11 is 6.90. The number of aromatic nitrogens is 3. The Labute approximate surface area is 200 Å². The quantitative estimate of drug-likeness (QED) is 0.347. The van der Waals surface area contributed by atoms with Crippen LogP contribution in [0.5, 0.6) is 0 Å². The second kappa shape index (κ2) is 10.4. The van der Waals surface area contributed by atoms with E-state index in [1.165, 1.54) is 24.3 Å². The number of halogens is 5. The van der Waals surface area contributed by atoms with Crippen LogP contribution in [0.25, 0.3) is 0 Å². The lowest BCUT2D eigenvalue weighted by Crippen LogP contribution is -2.28. The van der Waals surface area contributed by atoms with Crippen molar-refractivity contribution in [2.24, 2.45) is 7.05 Å². The summed E-state index contributed by atoms with van der Waals surface area (Å²) in [7, 11) is 1.64. The number of nitrogens with one attached hydrogen (secondary N) is 2. The van der Waals surface area contributed by atoms with Crippen molar-refractivity contribution in [2.75, 3.05) is 11.1 Å². The van der Waals surface area contributed by atoms with Crippen LogP contribution in [0.15, 0.2) is 47.6 Å². The molecule has 3 aromatic rings. The van der Waals surface area contributed by atoms with Gasteiger partial charge in [0.25, 0.3) is 5.91 Å². The predicted molar refractivity (Wildman–Crippen MR) is 119 cm³/mol. The fraction of sp³-hybridized carbons (Fsp3) is 0.238. The van der Waals surface area contributed by atoms with E-state index in [4.69, 9.17) is 11.6 Å². The maximum Gasteiger partial charge on any atom is 0.416 e. The number of thioether (sulfide) groups is 1. The molecule has 0 spiro atoms. The summed E-state index contributed by atoms with van der Waals surface area (Å²) in [5, 5.41) is 13.4. The molecule has 2 N–H and O–H groups in total. The molecular formula is C21H18ClF4N5O2S. The van der Waals surface area contributed by atoms with Crippen molar-refractivity contribution in [3.8, 4) is 0 Å². The van der Waals surface area contributed by atoms with E-state index in [1.54, 1.807) is 18.5 Å². The molecule has 2 aromatic carbocycles. The van der Waals surface area contributed by atoms with Gasteiger partial charge in [0.1, 0.15) is 5.82 Å².